The van der Waals surface area contributed by atoms with Crippen LogP contribution in [-0.4, -0.2) is 19.8 Å². The molecule has 1 aliphatic heterocycles. The molecule has 1 atom stereocenters. The van der Waals surface area contributed by atoms with Gasteiger partial charge in [0.1, 0.15) is 0 Å². The van der Waals surface area contributed by atoms with Crippen LogP contribution in [0, 0.1) is 13.8 Å². The fourth-order valence-corrected chi connectivity index (χ4v) is 1.90. The Morgan fingerprint density at radius 2 is 2.13 bits per heavy atom. The van der Waals surface area contributed by atoms with E-state index in [0.29, 0.717) is 6.04 Å². The average molecular weight is 228 g/mol. The van der Waals surface area contributed by atoms with E-state index in [-0.39, 0.29) is 12.4 Å². The van der Waals surface area contributed by atoms with Gasteiger partial charge in [-0.1, -0.05) is 23.8 Å². The Kier molecular flexibility index (Phi) is 4.58. The predicted octanol–water partition coefficient (Wildman–Crippen LogP) is 2.39. The summed E-state index contributed by atoms with van der Waals surface area (Å²) in [6.45, 7) is 6.88. The quantitative estimate of drug-likeness (QED) is 0.796. The molecule has 2 rings (SSSR count). The highest BCUT2D eigenvalue weighted by atomic mass is 35.5. The lowest BCUT2D eigenvalue weighted by atomic mass is 9.99. The average Bonchev–Trinajstić information content (AvgIpc) is 2.23. The molecule has 0 spiro atoms. The molecule has 1 heterocycles. The molecule has 0 bridgehead atoms. The molecular formula is C12H18ClNO. The summed E-state index contributed by atoms with van der Waals surface area (Å²) >= 11 is 0. The molecule has 0 amide bonds. The fourth-order valence-electron chi connectivity index (χ4n) is 1.90. The monoisotopic (exact) mass is 227 g/mol. The van der Waals surface area contributed by atoms with Gasteiger partial charge in [0.05, 0.1) is 19.3 Å². The van der Waals surface area contributed by atoms with Crippen LogP contribution in [0.3, 0.4) is 0 Å². The van der Waals surface area contributed by atoms with Crippen molar-refractivity contribution in [1.82, 2.24) is 5.32 Å². The van der Waals surface area contributed by atoms with Gasteiger partial charge in [-0.15, -0.1) is 12.4 Å². The molecule has 2 nitrogen and oxygen atoms in total. The highest BCUT2D eigenvalue weighted by Gasteiger charge is 2.16. The summed E-state index contributed by atoms with van der Waals surface area (Å²) in [5.41, 5.74) is 4.04. The normalized spacial score (nSPS) is 20.8. The standard InChI is InChI=1S/C12H17NO.ClH/c1-9-3-4-10(2)11(7-9)12-8-14-6-5-13-12;/h3-4,7,12-13H,5-6,8H2,1-2H3;1H/t12-;/m0./s1. The molecule has 84 valence electrons. The Morgan fingerprint density at radius 3 is 2.80 bits per heavy atom. The van der Waals surface area contributed by atoms with E-state index in [2.05, 4.69) is 37.4 Å². The molecule has 1 fully saturated rings. The molecule has 1 N–H and O–H groups in total. The van der Waals surface area contributed by atoms with Crippen molar-refractivity contribution in [3.05, 3.63) is 34.9 Å². The summed E-state index contributed by atoms with van der Waals surface area (Å²) in [7, 11) is 0. The summed E-state index contributed by atoms with van der Waals surface area (Å²) in [5.74, 6) is 0. The molecule has 1 aromatic rings. The Labute approximate surface area is 97.4 Å². The van der Waals surface area contributed by atoms with Crippen LogP contribution in [0.15, 0.2) is 18.2 Å². The summed E-state index contributed by atoms with van der Waals surface area (Å²) < 4.78 is 5.47. The molecule has 1 saturated heterocycles. The lowest BCUT2D eigenvalue weighted by Crippen LogP contribution is -2.34. The first-order chi connectivity index (χ1) is 6.77. The number of benzene rings is 1. The zero-order valence-electron chi connectivity index (χ0n) is 9.25. The maximum Gasteiger partial charge on any atom is 0.0662 e. The van der Waals surface area contributed by atoms with E-state index in [1.807, 2.05) is 0 Å². The Bertz CT molecular complexity index is 321. The number of nitrogens with one attached hydrogen (secondary N) is 1. The van der Waals surface area contributed by atoms with Crippen molar-refractivity contribution in [3.63, 3.8) is 0 Å². The van der Waals surface area contributed by atoms with Gasteiger partial charge in [-0.3, -0.25) is 0 Å². The largest absolute Gasteiger partial charge is 0.378 e. The number of rotatable bonds is 1. The molecule has 0 aliphatic carbocycles. The van der Waals surface area contributed by atoms with Crippen molar-refractivity contribution in [3.8, 4) is 0 Å². The van der Waals surface area contributed by atoms with Crippen LogP contribution in [0.2, 0.25) is 0 Å². The van der Waals surface area contributed by atoms with Crippen LogP contribution in [0.1, 0.15) is 22.7 Å². The molecule has 1 aliphatic rings. The number of halogens is 1. The van der Waals surface area contributed by atoms with Gasteiger partial charge in [0.2, 0.25) is 0 Å². The van der Waals surface area contributed by atoms with Crippen LogP contribution < -0.4 is 5.32 Å². The lowest BCUT2D eigenvalue weighted by Gasteiger charge is -2.25. The summed E-state index contributed by atoms with van der Waals surface area (Å²) in [6, 6.07) is 6.97. The zero-order valence-corrected chi connectivity index (χ0v) is 10.1. The first-order valence-electron chi connectivity index (χ1n) is 5.15. The van der Waals surface area contributed by atoms with Gasteiger partial charge in [0.25, 0.3) is 0 Å². The maximum atomic E-state index is 5.47. The Hall–Kier alpha value is -0.570. The van der Waals surface area contributed by atoms with Gasteiger partial charge in [-0.2, -0.15) is 0 Å². The maximum absolute atomic E-state index is 5.47. The van der Waals surface area contributed by atoms with E-state index in [1.165, 1.54) is 16.7 Å². The van der Waals surface area contributed by atoms with Gasteiger partial charge in [0.15, 0.2) is 0 Å². The Balaban J connectivity index is 0.00000112. The molecule has 1 aromatic carbocycles. The van der Waals surface area contributed by atoms with E-state index in [4.69, 9.17) is 4.74 Å². The van der Waals surface area contributed by atoms with E-state index >= 15 is 0 Å². The second kappa shape index (κ2) is 5.50. The third kappa shape index (κ3) is 2.94. The van der Waals surface area contributed by atoms with Gasteiger partial charge in [0, 0.05) is 6.54 Å². The Morgan fingerprint density at radius 1 is 1.33 bits per heavy atom. The molecule has 15 heavy (non-hydrogen) atoms. The van der Waals surface area contributed by atoms with E-state index in [0.717, 1.165) is 19.8 Å². The number of ether oxygens (including phenoxy) is 1. The second-order valence-electron chi connectivity index (χ2n) is 3.94. The van der Waals surface area contributed by atoms with Crippen LogP contribution >= 0.6 is 12.4 Å². The van der Waals surface area contributed by atoms with Crippen molar-refractivity contribution < 1.29 is 4.74 Å². The summed E-state index contributed by atoms with van der Waals surface area (Å²) in [6.07, 6.45) is 0. The van der Waals surface area contributed by atoms with Crippen LogP contribution in [-0.2, 0) is 4.74 Å². The van der Waals surface area contributed by atoms with Crippen LogP contribution in [0.5, 0.6) is 0 Å². The molecule has 0 saturated carbocycles. The predicted molar refractivity (Wildman–Crippen MR) is 64.7 cm³/mol. The number of morpholine rings is 1. The number of hydrogen-bond donors (Lipinski definition) is 1. The smallest absolute Gasteiger partial charge is 0.0662 e. The van der Waals surface area contributed by atoms with E-state index in [1.54, 1.807) is 0 Å². The van der Waals surface area contributed by atoms with Gasteiger partial charge < -0.3 is 10.1 Å². The van der Waals surface area contributed by atoms with Crippen molar-refractivity contribution >= 4 is 12.4 Å². The molecule has 3 heteroatoms. The fraction of sp³-hybridized carbons (Fsp3) is 0.500. The minimum Gasteiger partial charge on any atom is -0.378 e. The number of hydrogen-bond acceptors (Lipinski definition) is 2. The van der Waals surface area contributed by atoms with Gasteiger partial charge >= 0.3 is 0 Å². The minimum atomic E-state index is 0. The minimum absolute atomic E-state index is 0. The first kappa shape index (κ1) is 12.5. The van der Waals surface area contributed by atoms with E-state index < -0.39 is 0 Å². The van der Waals surface area contributed by atoms with E-state index in [9.17, 15) is 0 Å². The van der Waals surface area contributed by atoms with Gasteiger partial charge in [-0.25, -0.2) is 0 Å². The lowest BCUT2D eigenvalue weighted by molar-refractivity contribution is 0.0767. The number of aryl methyl sites for hydroxylation is 2. The van der Waals surface area contributed by atoms with Crippen LogP contribution in [0.25, 0.3) is 0 Å². The first-order valence-corrected chi connectivity index (χ1v) is 5.15. The van der Waals surface area contributed by atoms with Crippen molar-refractivity contribution in [2.45, 2.75) is 19.9 Å². The summed E-state index contributed by atoms with van der Waals surface area (Å²) in [5, 5.41) is 3.48. The highest BCUT2D eigenvalue weighted by molar-refractivity contribution is 5.85. The highest BCUT2D eigenvalue weighted by Crippen LogP contribution is 2.20. The van der Waals surface area contributed by atoms with Crippen molar-refractivity contribution in [1.29, 1.82) is 0 Å². The van der Waals surface area contributed by atoms with Crippen molar-refractivity contribution in [2.75, 3.05) is 19.8 Å². The van der Waals surface area contributed by atoms with Gasteiger partial charge in [-0.05, 0) is 25.0 Å². The second-order valence-corrected chi connectivity index (χ2v) is 3.94. The molecule has 0 unspecified atom stereocenters. The van der Waals surface area contributed by atoms with Crippen LogP contribution in [0.4, 0.5) is 0 Å². The molecule has 0 radical (unpaired) electrons. The molecular weight excluding hydrogens is 210 g/mol. The third-order valence-electron chi connectivity index (χ3n) is 2.73. The molecule has 0 aromatic heterocycles. The zero-order chi connectivity index (χ0) is 9.97. The topological polar surface area (TPSA) is 21.3 Å². The third-order valence-corrected chi connectivity index (χ3v) is 2.73. The SMILES string of the molecule is Cc1ccc(C)c([C@@H]2COCCN2)c1.Cl. The summed E-state index contributed by atoms with van der Waals surface area (Å²) in [4.78, 5) is 0. The van der Waals surface area contributed by atoms with Crippen molar-refractivity contribution in [2.24, 2.45) is 0 Å².